The third kappa shape index (κ3) is 4.14. The Labute approximate surface area is 151 Å². The second kappa shape index (κ2) is 7.32. The van der Waals surface area contributed by atoms with Crippen LogP contribution in [0.3, 0.4) is 0 Å². The maximum absolute atomic E-state index is 13.8. The fraction of sp³-hybridized carbons (Fsp3) is 0.0556. The van der Waals surface area contributed by atoms with Crippen LogP contribution in [-0.2, 0) is 0 Å². The summed E-state index contributed by atoms with van der Waals surface area (Å²) in [7, 11) is 0. The Bertz CT molecular complexity index is 1010. The van der Waals surface area contributed by atoms with Gasteiger partial charge >= 0.3 is 5.97 Å². The van der Waals surface area contributed by atoms with E-state index in [-0.39, 0.29) is 17.2 Å². The summed E-state index contributed by atoms with van der Waals surface area (Å²) in [5.74, 6) is -4.99. The molecule has 0 amide bonds. The Morgan fingerprint density at radius 2 is 1.67 bits per heavy atom. The number of aromatic carboxylic acids is 1. The minimum absolute atomic E-state index is 0.0236. The first-order chi connectivity index (χ1) is 12.8. The number of carboxylic acids is 1. The van der Waals surface area contributed by atoms with Gasteiger partial charge in [0.05, 0.1) is 11.3 Å². The first kappa shape index (κ1) is 18.2. The van der Waals surface area contributed by atoms with Crippen LogP contribution in [0.25, 0.3) is 0 Å². The molecule has 0 saturated heterocycles. The van der Waals surface area contributed by atoms with Gasteiger partial charge < -0.3 is 15.7 Å². The minimum Gasteiger partial charge on any atom is -0.478 e. The Kier molecular flexibility index (Phi) is 4.93. The normalized spacial score (nSPS) is 10.5. The zero-order valence-electron chi connectivity index (χ0n) is 13.9. The van der Waals surface area contributed by atoms with Crippen molar-refractivity contribution in [2.24, 2.45) is 0 Å². The smallest absolute Gasteiger partial charge is 0.335 e. The summed E-state index contributed by atoms with van der Waals surface area (Å²) < 4.78 is 40.2. The first-order valence-corrected chi connectivity index (χ1v) is 7.70. The highest BCUT2D eigenvalue weighted by molar-refractivity contribution is 5.88. The summed E-state index contributed by atoms with van der Waals surface area (Å²) in [6.45, 7) is 1.67. The van der Waals surface area contributed by atoms with Gasteiger partial charge in [-0.25, -0.2) is 22.9 Å². The second-order valence-corrected chi connectivity index (χ2v) is 5.57. The van der Waals surface area contributed by atoms with E-state index < -0.39 is 23.4 Å². The van der Waals surface area contributed by atoms with Gasteiger partial charge in [0, 0.05) is 17.4 Å². The molecular weight excluding hydrogens is 361 g/mol. The molecule has 0 unspecified atom stereocenters. The monoisotopic (exact) mass is 374 g/mol. The SMILES string of the molecule is Cc1cc(Nc2ccc(C(=O)O)cc2)nc(Nc2ccc(F)c(F)c2F)n1. The van der Waals surface area contributed by atoms with Crippen LogP contribution in [0.15, 0.2) is 42.5 Å². The van der Waals surface area contributed by atoms with Gasteiger partial charge in [-0.15, -0.1) is 0 Å². The molecule has 0 saturated carbocycles. The molecule has 9 heteroatoms. The number of anilines is 4. The van der Waals surface area contributed by atoms with Crippen molar-refractivity contribution in [3.8, 4) is 0 Å². The second-order valence-electron chi connectivity index (χ2n) is 5.57. The van der Waals surface area contributed by atoms with Gasteiger partial charge in [-0.05, 0) is 43.3 Å². The number of carbonyl (C=O) groups is 1. The number of aryl methyl sites for hydroxylation is 1. The van der Waals surface area contributed by atoms with Gasteiger partial charge in [0.2, 0.25) is 5.95 Å². The van der Waals surface area contributed by atoms with Crippen LogP contribution in [0.5, 0.6) is 0 Å². The van der Waals surface area contributed by atoms with E-state index in [1.807, 2.05) is 0 Å². The summed E-state index contributed by atoms with van der Waals surface area (Å²) in [6.07, 6.45) is 0. The summed E-state index contributed by atoms with van der Waals surface area (Å²) in [6, 6.07) is 9.41. The molecular formula is C18H13F3N4O2. The van der Waals surface area contributed by atoms with E-state index in [9.17, 15) is 18.0 Å². The van der Waals surface area contributed by atoms with Gasteiger partial charge in [0.15, 0.2) is 17.5 Å². The largest absolute Gasteiger partial charge is 0.478 e. The summed E-state index contributed by atoms with van der Waals surface area (Å²) >= 11 is 0. The quantitative estimate of drug-likeness (QED) is 0.574. The average Bonchev–Trinajstić information content (AvgIpc) is 2.62. The van der Waals surface area contributed by atoms with Crippen LogP contribution in [0.2, 0.25) is 0 Å². The van der Waals surface area contributed by atoms with E-state index in [1.54, 1.807) is 25.1 Å². The Morgan fingerprint density at radius 3 is 2.33 bits per heavy atom. The molecule has 138 valence electrons. The predicted molar refractivity (Wildman–Crippen MR) is 93.1 cm³/mol. The topological polar surface area (TPSA) is 87.1 Å². The minimum atomic E-state index is -1.59. The van der Waals surface area contributed by atoms with Gasteiger partial charge in [-0.3, -0.25) is 0 Å². The van der Waals surface area contributed by atoms with Crippen molar-refractivity contribution >= 4 is 29.1 Å². The molecule has 27 heavy (non-hydrogen) atoms. The number of nitrogens with zero attached hydrogens (tertiary/aromatic N) is 2. The highest BCUT2D eigenvalue weighted by Crippen LogP contribution is 2.24. The van der Waals surface area contributed by atoms with Gasteiger partial charge in [-0.2, -0.15) is 4.98 Å². The van der Waals surface area contributed by atoms with E-state index in [2.05, 4.69) is 20.6 Å². The van der Waals surface area contributed by atoms with Crippen molar-refractivity contribution < 1.29 is 23.1 Å². The summed E-state index contributed by atoms with van der Waals surface area (Å²) in [5.41, 5.74) is 0.926. The highest BCUT2D eigenvalue weighted by Gasteiger charge is 2.14. The van der Waals surface area contributed by atoms with Crippen LogP contribution >= 0.6 is 0 Å². The van der Waals surface area contributed by atoms with Crippen LogP contribution in [0, 0.1) is 24.4 Å². The van der Waals surface area contributed by atoms with Crippen LogP contribution in [0.1, 0.15) is 16.1 Å². The third-order valence-electron chi connectivity index (χ3n) is 3.54. The fourth-order valence-electron chi connectivity index (χ4n) is 2.28. The van der Waals surface area contributed by atoms with E-state index in [0.29, 0.717) is 17.2 Å². The molecule has 0 spiro atoms. The fourth-order valence-corrected chi connectivity index (χ4v) is 2.28. The molecule has 0 aliphatic heterocycles. The van der Waals surface area contributed by atoms with Crippen molar-refractivity contribution in [3.63, 3.8) is 0 Å². The Balaban J connectivity index is 1.84. The molecule has 3 rings (SSSR count). The molecule has 0 aliphatic rings. The molecule has 0 atom stereocenters. The lowest BCUT2D eigenvalue weighted by molar-refractivity contribution is 0.0697. The first-order valence-electron chi connectivity index (χ1n) is 7.70. The number of halogens is 3. The number of nitrogens with one attached hydrogen (secondary N) is 2. The van der Waals surface area contributed by atoms with Gasteiger partial charge in [-0.1, -0.05) is 0 Å². The molecule has 6 nitrogen and oxygen atoms in total. The lowest BCUT2D eigenvalue weighted by Crippen LogP contribution is -2.05. The van der Waals surface area contributed by atoms with Crippen molar-refractivity contribution in [3.05, 3.63) is 71.2 Å². The van der Waals surface area contributed by atoms with E-state index >= 15 is 0 Å². The third-order valence-corrected chi connectivity index (χ3v) is 3.54. The lowest BCUT2D eigenvalue weighted by Gasteiger charge is -2.11. The molecule has 0 bridgehead atoms. The number of carboxylic acid groups (broad SMARTS) is 1. The van der Waals surface area contributed by atoms with E-state index in [1.165, 1.54) is 12.1 Å². The zero-order chi connectivity index (χ0) is 19.6. The maximum Gasteiger partial charge on any atom is 0.335 e. The number of benzene rings is 2. The van der Waals surface area contributed by atoms with Crippen molar-refractivity contribution in [1.29, 1.82) is 0 Å². The molecule has 3 aromatic rings. The van der Waals surface area contributed by atoms with E-state index in [0.717, 1.165) is 12.1 Å². The number of hydrogen-bond donors (Lipinski definition) is 3. The molecule has 2 aromatic carbocycles. The molecule has 0 fully saturated rings. The maximum atomic E-state index is 13.8. The molecule has 1 heterocycles. The van der Waals surface area contributed by atoms with E-state index in [4.69, 9.17) is 5.11 Å². The van der Waals surface area contributed by atoms with Crippen LogP contribution in [-0.4, -0.2) is 21.0 Å². The molecule has 0 radical (unpaired) electrons. The molecule has 1 aromatic heterocycles. The zero-order valence-corrected chi connectivity index (χ0v) is 13.9. The Morgan fingerprint density at radius 1 is 0.963 bits per heavy atom. The van der Waals surface area contributed by atoms with Crippen molar-refractivity contribution in [1.82, 2.24) is 9.97 Å². The van der Waals surface area contributed by atoms with Crippen LogP contribution in [0.4, 0.5) is 36.3 Å². The number of hydrogen-bond acceptors (Lipinski definition) is 5. The van der Waals surface area contributed by atoms with Crippen molar-refractivity contribution in [2.75, 3.05) is 10.6 Å². The van der Waals surface area contributed by atoms with Crippen molar-refractivity contribution in [2.45, 2.75) is 6.92 Å². The lowest BCUT2D eigenvalue weighted by atomic mass is 10.2. The highest BCUT2D eigenvalue weighted by atomic mass is 19.2. The molecule has 0 aliphatic carbocycles. The average molecular weight is 374 g/mol. The van der Waals surface area contributed by atoms with Crippen LogP contribution < -0.4 is 10.6 Å². The predicted octanol–water partition coefficient (Wildman–Crippen LogP) is 4.39. The standard InChI is InChI=1S/C18H13F3N4O2/c1-9-8-14(23-11-4-2-10(3-5-11)17(26)27)25-18(22-9)24-13-7-6-12(19)15(20)16(13)21/h2-8H,1H3,(H,26,27)(H2,22,23,24,25). The number of aromatic nitrogens is 2. The number of rotatable bonds is 5. The van der Waals surface area contributed by atoms with Gasteiger partial charge in [0.1, 0.15) is 5.82 Å². The summed E-state index contributed by atoms with van der Waals surface area (Å²) in [4.78, 5) is 19.1. The Hall–Kier alpha value is -3.62. The molecule has 3 N–H and O–H groups in total. The summed E-state index contributed by atoms with van der Waals surface area (Å²) in [5, 5.41) is 14.4. The van der Waals surface area contributed by atoms with Gasteiger partial charge in [0.25, 0.3) is 0 Å².